The van der Waals surface area contributed by atoms with Crippen molar-refractivity contribution in [1.82, 2.24) is 0 Å². The number of methoxy groups -OCH3 is 1. The Morgan fingerprint density at radius 2 is 0.671 bits per heavy atom. The number of ether oxygens (including phenoxy) is 17. The summed E-state index contributed by atoms with van der Waals surface area (Å²) in [5.74, 6) is -9.34. The molecule has 3 heterocycles. The molecule has 29 heteroatoms. The largest absolute Gasteiger partial charge is 0.469 e. The molecule has 0 amide bonds. The Bertz CT molecular complexity index is 1960. The standard InChI is InChI=1S/C44H62O28S/c1-19(45)58-16-29-33(61-22(4)48)36(62-23(5)49)40(66-27(9)53)43(69-29)72-35-31(18-60-21(3)47)70-44(41(67-28(10)54)38(35)64-25(7)51)71-34-30(17-59-20(2)46)68-42(57-13-15-73-14-12-32(55)56-11)39(65-26(8)52)37(34)63-24(6)50/h29-31,33-44H,12-18H2,1-11H3/t29-,30-,31-,33+,34-,35+,36+,37+,38+,39-,40-,41-,42+,43+,44+/m1/s1. The van der Waals surface area contributed by atoms with Crippen LogP contribution < -0.4 is 0 Å². The molecule has 0 spiro atoms. The minimum Gasteiger partial charge on any atom is -0.469 e. The van der Waals surface area contributed by atoms with E-state index in [0.717, 1.165) is 69.2 Å². The monoisotopic (exact) mass is 1070 g/mol. The predicted octanol–water partition coefficient (Wildman–Crippen LogP) is -0.544. The minimum absolute atomic E-state index is 0.0928. The first kappa shape index (κ1) is 61.6. The molecule has 0 radical (unpaired) electrons. The summed E-state index contributed by atoms with van der Waals surface area (Å²) in [4.78, 5) is 138. The zero-order valence-corrected chi connectivity index (χ0v) is 42.8. The van der Waals surface area contributed by atoms with Gasteiger partial charge < -0.3 is 80.5 Å². The molecule has 0 bridgehead atoms. The molecule has 3 saturated heterocycles. The molecule has 3 fully saturated rings. The van der Waals surface area contributed by atoms with Gasteiger partial charge in [-0.05, 0) is 0 Å². The Morgan fingerprint density at radius 3 is 1.01 bits per heavy atom. The molecule has 0 aliphatic carbocycles. The van der Waals surface area contributed by atoms with Gasteiger partial charge >= 0.3 is 65.7 Å². The van der Waals surface area contributed by atoms with Gasteiger partial charge in [0.15, 0.2) is 61.6 Å². The van der Waals surface area contributed by atoms with Gasteiger partial charge in [-0.3, -0.25) is 52.7 Å². The lowest BCUT2D eigenvalue weighted by Gasteiger charge is -2.50. The number of carbonyl (C=O) groups excluding carboxylic acids is 11. The SMILES string of the molecule is COC(=O)CCSCCO[C@H]1O[C@H](COC(C)=O)[C@@H](O[C@@H]2O[C@H](COC(C)=O)[C@H](O[C@@H]3O[C@H](COC(C)=O)[C@H](OC(C)=O)[C@H](OC(C)=O)[C@H]3OC(C)=O)[C@H](OC(C)=O)[C@H]2OC(C)=O)[C@H](OC(C)=O)[C@H]1OC(C)=O. The van der Waals surface area contributed by atoms with Crippen LogP contribution in [-0.2, 0) is 133 Å². The van der Waals surface area contributed by atoms with E-state index in [1.165, 1.54) is 18.9 Å². The molecule has 3 rings (SSSR count). The van der Waals surface area contributed by atoms with Gasteiger partial charge in [-0.1, -0.05) is 0 Å². The van der Waals surface area contributed by atoms with Crippen molar-refractivity contribution >= 4 is 77.4 Å². The van der Waals surface area contributed by atoms with Crippen molar-refractivity contribution in [3.63, 3.8) is 0 Å². The maximum absolute atomic E-state index is 13.1. The molecule has 0 aromatic rings. The van der Waals surface area contributed by atoms with E-state index in [-0.39, 0.29) is 18.8 Å². The van der Waals surface area contributed by atoms with Crippen molar-refractivity contribution in [3.8, 4) is 0 Å². The van der Waals surface area contributed by atoms with Crippen LogP contribution in [0, 0.1) is 0 Å². The average molecular weight is 1070 g/mol. The number of rotatable bonds is 24. The fraction of sp³-hybridized carbons (Fsp3) is 0.750. The van der Waals surface area contributed by atoms with Crippen LogP contribution in [0.1, 0.15) is 75.7 Å². The van der Waals surface area contributed by atoms with Crippen LogP contribution in [0.25, 0.3) is 0 Å². The van der Waals surface area contributed by atoms with Crippen LogP contribution in [0.2, 0.25) is 0 Å². The second-order valence-corrected chi connectivity index (χ2v) is 17.3. The van der Waals surface area contributed by atoms with Crippen molar-refractivity contribution in [2.45, 2.75) is 168 Å². The Hall–Kier alpha value is -5.72. The lowest BCUT2D eigenvalue weighted by atomic mass is 9.95. The van der Waals surface area contributed by atoms with Crippen LogP contribution in [0.4, 0.5) is 0 Å². The highest BCUT2D eigenvalue weighted by molar-refractivity contribution is 7.99. The van der Waals surface area contributed by atoms with Crippen LogP contribution in [0.5, 0.6) is 0 Å². The van der Waals surface area contributed by atoms with E-state index in [2.05, 4.69) is 4.74 Å². The third-order valence-corrected chi connectivity index (χ3v) is 11.0. The van der Waals surface area contributed by atoms with Gasteiger partial charge in [0.25, 0.3) is 0 Å². The molecule has 0 saturated carbocycles. The number of hydrogen-bond acceptors (Lipinski definition) is 29. The molecule has 0 aromatic heterocycles. The van der Waals surface area contributed by atoms with E-state index in [1.807, 2.05) is 0 Å². The number of thioether (sulfide) groups is 1. The lowest BCUT2D eigenvalue weighted by molar-refractivity contribution is -0.380. The Morgan fingerprint density at radius 1 is 0.370 bits per heavy atom. The maximum atomic E-state index is 13.1. The highest BCUT2D eigenvalue weighted by atomic mass is 32.2. The van der Waals surface area contributed by atoms with Crippen molar-refractivity contribution < 1.29 is 133 Å². The Balaban J connectivity index is 2.25. The van der Waals surface area contributed by atoms with Gasteiger partial charge in [-0.2, -0.15) is 11.8 Å². The summed E-state index contributed by atoms with van der Waals surface area (Å²) < 4.78 is 97.2. The number of esters is 11. The Kier molecular flexibility index (Phi) is 25.2. The van der Waals surface area contributed by atoms with E-state index >= 15 is 0 Å². The van der Waals surface area contributed by atoms with Gasteiger partial charge in [0.2, 0.25) is 0 Å². The molecular formula is C44H62O28S. The molecule has 73 heavy (non-hydrogen) atoms. The third kappa shape index (κ3) is 20.3. The molecular weight excluding hydrogens is 1010 g/mol. The molecule has 0 N–H and O–H groups in total. The smallest absolute Gasteiger partial charge is 0.306 e. The van der Waals surface area contributed by atoms with Gasteiger partial charge in [0.1, 0.15) is 50.3 Å². The lowest BCUT2D eigenvalue weighted by Crippen LogP contribution is -2.69. The van der Waals surface area contributed by atoms with Gasteiger partial charge in [0.05, 0.1) is 20.1 Å². The maximum Gasteiger partial charge on any atom is 0.306 e. The first-order chi connectivity index (χ1) is 34.3. The van der Waals surface area contributed by atoms with E-state index < -0.39 is 178 Å². The predicted molar refractivity (Wildman–Crippen MR) is 234 cm³/mol. The topological polar surface area (TPSA) is 345 Å². The highest BCUT2D eigenvalue weighted by Gasteiger charge is 2.60. The summed E-state index contributed by atoms with van der Waals surface area (Å²) in [6.07, 6.45) is -26.5. The van der Waals surface area contributed by atoms with Crippen molar-refractivity contribution in [2.24, 2.45) is 0 Å². The molecule has 28 nitrogen and oxygen atoms in total. The van der Waals surface area contributed by atoms with Crippen molar-refractivity contribution in [3.05, 3.63) is 0 Å². The highest BCUT2D eigenvalue weighted by Crippen LogP contribution is 2.38. The number of carbonyl (C=O) groups is 11. The molecule has 0 unspecified atom stereocenters. The van der Waals surface area contributed by atoms with E-state index in [0.29, 0.717) is 5.75 Å². The Labute approximate surface area is 422 Å². The molecule has 412 valence electrons. The second kappa shape index (κ2) is 29.8. The fourth-order valence-electron chi connectivity index (χ4n) is 7.47. The van der Waals surface area contributed by atoms with Crippen LogP contribution in [0.3, 0.4) is 0 Å². The first-order valence-electron chi connectivity index (χ1n) is 22.5. The van der Waals surface area contributed by atoms with Gasteiger partial charge in [-0.15, -0.1) is 0 Å². The van der Waals surface area contributed by atoms with E-state index in [4.69, 9.17) is 75.8 Å². The van der Waals surface area contributed by atoms with Crippen molar-refractivity contribution in [1.29, 1.82) is 0 Å². The zero-order chi connectivity index (χ0) is 54.7. The summed E-state index contributed by atoms with van der Waals surface area (Å²) in [6.45, 7) is 7.76. The van der Waals surface area contributed by atoms with E-state index in [9.17, 15) is 52.7 Å². The summed E-state index contributed by atoms with van der Waals surface area (Å²) >= 11 is 1.30. The third-order valence-electron chi connectivity index (χ3n) is 10.0. The molecule has 0 aromatic carbocycles. The van der Waals surface area contributed by atoms with Crippen LogP contribution in [0.15, 0.2) is 0 Å². The van der Waals surface area contributed by atoms with Gasteiger partial charge in [0, 0.05) is 80.7 Å². The molecule has 3 aliphatic rings. The zero-order valence-electron chi connectivity index (χ0n) is 41.9. The summed E-state index contributed by atoms with van der Waals surface area (Å²) in [7, 11) is 1.24. The van der Waals surface area contributed by atoms with Gasteiger partial charge in [-0.25, -0.2) is 0 Å². The second-order valence-electron chi connectivity index (χ2n) is 16.1. The van der Waals surface area contributed by atoms with Crippen molar-refractivity contribution in [2.75, 3.05) is 45.0 Å². The van der Waals surface area contributed by atoms with Crippen LogP contribution >= 0.6 is 11.8 Å². The number of hydrogen-bond donors (Lipinski definition) is 0. The quantitative estimate of drug-likeness (QED) is 0.0665. The average Bonchev–Trinajstić information content (AvgIpc) is 3.27. The summed E-state index contributed by atoms with van der Waals surface area (Å²) in [5, 5.41) is 0. The minimum atomic E-state index is -2.03. The molecule has 15 atom stereocenters. The van der Waals surface area contributed by atoms with Crippen LogP contribution in [-0.4, -0.2) is 203 Å². The van der Waals surface area contributed by atoms with E-state index in [1.54, 1.807) is 0 Å². The summed E-state index contributed by atoms with van der Waals surface area (Å²) in [6, 6.07) is 0. The normalized spacial score (nSPS) is 29.7. The summed E-state index contributed by atoms with van der Waals surface area (Å²) in [5.41, 5.74) is 0. The first-order valence-corrected chi connectivity index (χ1v) is 23.6. The fourth-order valence-corrected chi connectivity index (χ4v) is 8.20. The molecule has 3 aliphatic heterocycles.